The number of nitrogens with one attached hydrogen (secondary N) is 1. The Bertz CT molecular complexity index is 1550. The van der Waals surface area contributed by atoms with Gasteiger partial charge in [-0.25, -0.2) is 4.79 Å². The van der Waals surface area contributed by atoms with E-state index < -0.39 is 0 Å². The van der Waals surface area contributed by atoms with Crippen molar-refractivity contribution in [2.24, 2.45) is 0 Å². The minimum Gasteiger partial charge on any atom is -0.495 e. The van der Waals surface area contributed by atoms with Gasteiger partial charge >= 0.3 is 5.69 Å². The normalized spacial score (nSPS) is 11.1. The molecule has 0 aliphatic heterocycles. The average Bonchev–Trinajstić information content (AvgIpc) is 3.57. The van der Waals surface area contributed by atoms with Gasteiger partial charge in [-0.3, -0.25) is 14.1 Å². The quantitative estimate of drug-likeness (QED) is 0.321. The van der Waals surface area contributed by atoms with E-state index >= 15 is 0 Å². The van der Waals surface area contributed by atoms with Gasteiger partial charge in [0.25, 0.3) is 0 Å². The maximum atomic E-state index is 13.7. The fraction of sp³-hybridized carbons (Fsp3) is 0.250. The molecule has 0 spiro atoms. The van der Waals surface area contributed by atoms with Crippen molar-refractivity contribution < 1.29 is 4.74 Å². The Morgan fingerprint density at radius 3 is 2.57 bits per heavy atom. The predicted molar refractivity (Wildman–Crippen MR) is 142 cm³/mol. The topological polar surface area (TPSA) is 104 Å². The minimum atomic E-state index is -0.0924. The number of hydrogen-bond acceptors (Lipinski definition) is 6. The van der Waals surface area contributed by atoms with Gasteiger partial charge < -0.3 is 4.74 Å². The monoisotopic (exact) mass is 495 g/mol. The van der Waals surface area contributed by atoms with Crippen LogP contribution in [-0.4, -0.2) is 41.9 Å². The number of H-pyrrole nitrogens is 1. The van der Waals surface area contributed by atoms with Crippen LogP contribution in [0.2, 0.25) is 0 Å². The molecule has 0 amide bonds. The molecular weight excluding hydrogens is 466 g/mol. The molecule has 0 aliphatic rings. The number of para-hydroxylation sites is 1. The summed E-state index contributed by atoms with van der Waals surface area (Å²) in [4.78, 5) is 18.4. The number of hydrogen-bond donors (Lipinski definition) is 1. The molecule has 0 saturated heterocycles. The standard InChI is InChI=1S/C28H29N7O2/c1-4-5-10-21-18-35(26-19(2)9-8-13-25(26)37-3)28(36)34(21)17-20-14-15-24(29-16-20)22-11-6-7-12-23(22)27-30-32-33-31-27/h6-9,11-16,18H,4-5,10,17H2,1-3H3,(H,30,31,32,33). The number of imidazole rings is 1. The summed E-state index contributed by atoms with van der Waals surface area (Å²) < 4.78 is 9.13. The highest BCUT2D eigenvalue weighted by Crippen LogP contribution is 2.29. The van der Waals surface area contributed by atoms with Crippen LogP contribution in [0.5, 0.6) is 5.75 Å². The zero-order chi connectivity index (χ0) is 25.8. The molecule has 0 unspecified atom stereocenters. The number of aromatic nitrogens is 7. The highest BCUT2D eigenvalue weighted by atomic mass is 16.5. The van der Waals surface area contributed by atoms with Crippen LogP contribution in [0.3, 0.4) is 0 Å². The molecule has 0 atom stereocenters. The second-order valence-electron chi connectivity index (χ2n) is 8.92. The van der Waals surface area contributed by atoms with Gasteiger partial charge in [0.05, 0.1) is 25.0 Å². The Labute approximate surface area is 214 Å². The predicted octanol–water partition coefficient (Wildman–Crippen LogP) is 4.59. The summed E-state index contributed by atoms with van der Waals surface area (Å²) in [6, 6.07) is 17.6. The smallest absolute Gasteiger partial charge is 0.333 e. The van der Waals surface area contributed by atoms with Crippen LogP contribution in [0.25, 0.3) is 28.3 Å². The lowest BCUT2D eigenvalue weighted by atomic mass is 10.0. The number of unbranched alkanes of at least 4 members (excludes halogenated alkanes) is 1. The Hall–Kier alpha value is -4.53. The zero-order valence-corrected chi connectivity index (χ0v) is 21.2. The number of pyridine rings is 1. The molecule has 3 heterocycles. The summed E-state index contributed by atoms with van der Waals surface area (Å²) in [7, 11) is 1.63. The minimum absolute atomic E-state index is 0.0924. The fourth-order valence-corrected chi connectivity index (χ4v) is 4.56. The van der Waals surface area contributed by atoms with Gasteiger partial charge in [0, 0.05) is 29.2 Å². The third-order valence-corrected chi connectivity index (χ3v) is 6.46. The van der Waals surface area contributed by atoms with Crippen LogP contribution in [0.4, 0.5) is 0 Å². The molecule has 37 heavy (non-hydrogen) atoms. The van der Waals surface area contributed by atoms with Gasteiger partial charge in [-0.1, -0.05) is 55.8 Å². The summed E-state index contributed by atoms with van der Waals surface area (Å²) in [6.45, 7) is 4.57. The number of benzene rings is 2. The van der Waals surface area contributed by atoms with Crippen molar-refractivity contribution in [1.82, 2.24) is 34.7 Å². The second kappa shape index (κ2) is 10.6. The summed E-state index contributed by atoms with van der Waals surface area (Å²) >= 11 is 0. The number of aromatic amines is 1. The number of ether oxygens (including phenoxy) is 1. The lowest BCUT2D eigenvalue weighted by molar-refractivity contribution is 0.412. The van der Waals surface area contributed by atoms with Crippen LogP contribution in [-0.2, 0) is 13.0 Å². The van der Waals surface area contributed by atoms with Crippen LogP contribution in [0.15, 0.2) is 71.8 Å². The molecule has 0 fully saturated rings. The summed E-state index contributed by atoms with van der Waals surface area (Å²) in [5, 5.41) is 14.4. The average molecular weight is 496 g/mol. The summed E-state index contributed by atoms with van der Waals surface area (Å²) in [5.41, 5.74) is 6.15. The molecule has 5 aromatic rings. The highest BCUT2D eigenvalue weighted by Gasteiger charge is 2.18. The summed E-state index contributed by atoms with van der Waals surface area (Å²) in [5.74, 6) is 1.19. The van der Waals surface area contributed by atoms with Gasteiger partial charge in [0.1, 0.15) is 5.75 Å². The molecule has 188 valence electrons. The first-order chi connectivity index (χ1) is 18.1. The molecule has 9 nitrogen and oxygen atoms in total. The Kier molecular flexibility index (Phi) is 6.93. The van der Waals surface area contributed by atoms with E-state index in [0.717, 1.165) is 58.6 Å². The number of aryl methyl sites for hydroxylation is 2. The van der Waals surface area contributed by atoms with Crippen molar-refractivity contribution in [2.45, 2.75) is 39.7 Å². The molecule has 2 aromatic carbocycles. The van der Waals surface area contributed by atoms with E-state index in [1.165, 1.54) is 0 Å². The molecular formula is C28H29N7O2. The number of nitrogens with zero attached hydrogens (tertiary/aromatic N) is 6. The maximum absolute atomic E-state index is 13.7. The SMILES string of the molecule is CCCCc1cn(-c2c(C)cccc2OC)c(=O)n1Cc1ccc(-c2ccccc2-c2nn[nH]n2)nc1. The summed E-state index contributed by atoms with van der Waals surface area (Å²) in [6.07, 6.45) is 6.63. The molecule has 0 saturated carbocycles. The van der Waals surface area contributed by atoms with Gasteiger partial charge in [0.15, 0.2) is 0 Å². The van der Waals surface area contributed by atoms with Crippen molar-refractivity contribution >= 4 is 0 Å². The molecule has 0 radical (unpaired) electrons. The van der Waals surface area contributed by atoms with Gasteiger partial charge in [0.2, 0.25) is 5.82 Å². The molecule has 0 aliphatic carbocycles. The fourth-order valence-electron chi connectivity index (χ4n) is 4.56. The van der Waals surface area contributed by atoms with Gasteiger partial charge in [-0.15, -0.1) is 10.2 Å². The number of rotatable bonds is 9. The second-order valence-corrected chi connectivity index (χ2v) is 8.92. The molecule has 1 N–H and O–H groups in total. The van der Waals surface area contributed by atoms with Crippen LogP contribution < -0.4 is 10.4 Å². The van der Waals surface area contributed by atoms with Crippen molar-refractivity contribution in [1.29, 1.82) is 0 Å². The van der Waals surface area contributed by atoms with Gasteiger partial charge in [-0.05, 0) is 48.2 Å². The van der Waals surface area contributed by atoms with Crippen molar-refractivity contribution in [2.75, 3.05) is 7.11 Å². The lowest BCUT2D eigenvalue weighted by Gasteiger charge is -2.11. The van der Waals surface area contributed by atoms with Crippen molar-refractivity contribution in [3.63, 3.8) is 0 Å². The molecule has 5 rings (SSSR count). The van der Waals surface area contributed by atoms with E-state index in [9.17, 15) is 4.79 Å². The van der Waals surface area contributed by atoms with Crippen LogP contribution in [0, 0.1) is 6.92 Å². The third-order valence-electron chi connectivity index (χ3n) is 6.46. The van der Waals surface area contributed by atoms with E-state index in [1.807, 2.05) is 78.5 Å². The largest absolute Gasteiger partial charge is 0.495 e. The van der Waals surface area contributed by atoms with Crippen LogP contribution >= 0.6 is 0 Å². The van der Waals surface area contributed by atoms with E-state index in [2.05, 4.69) is 27.5 Å². The van der Waals surface area contributed by atoms with Crippen molar-refractivity contribution in [3.8, 4) is 34.1 Å². The zero-order valence-electron chi connectivity index (χ0n) is 21.2. The molecule has 0 bridgehead atoms. The van der Waals surface area contributed by atoms with Gasteiger partial charge in [-0.2, -0.15) is 5.21 Å². The first kappa shape index (κ1) is 24.2. The molecule has 9 heteroatoms. The van der Waals surface area contributed by atoms with E-state index in [4.69, 9.17) is 9.72 Å². The lowest BCUT2D eigenvalue weighted by Crippen LogP contribution is -2.25. The van der Waals surface area contributed by atoms with E-state index in [0.29, 0.717) is 18.1 Å². The van der Waals surface area contributed by atoms with Crippen LogP contribution in [0.1, 0.15) is 36.6 Å². The third kappa shape index (κ3) is 4.80. The number of methoxy groups -OCH3 is 1. The highest BCUT2D eigenvalue weighted by molar-refractivity contribution is 5.78. The maximum Gasteiger partial charge on any atom is 0.333 e. The van der Waals surface area contributed by atoms with E-state index in [1.54, 1.807) is 11.7 Å². The van der Waals surface area contributed by atoms with E-state index in [-0.39, 0.29) is 5.69 Å². The van der Waals surface area contributed by atoms with Crippen molar-refractivity contribution in [3.05, 3.63) is 94.3 Å². The Balaban J connectivity index is 1.50. The Morgan fingerprint density at radius 2 is 1.86 bits per heavy atom. The Morgan fingerprint density at radius 1 is 1.03 bits per heavy atom. The first-order valence-electron chi connectivity index (χ1n) is 12.3. The first-order valence-corrected chi connectivity index (χ1v) is 12.3. The number of tetrazole rings is 1. The molecule has 3 aromatic heterocycles.